The van der Waals surface area contributed by atoms with Crippen molar-refractivity contribution < 1.29 is 22.4 Å². The highest BCUT2D eigenvalue weighted by Gasteiger charge is 2.21. The molecule has 2 aromatic carbocycles. The van der Waals surface area contributed by atoms with Crippen LogP contribution >= 0.6 is 22.9 Å². The summed E-state index contributed by atoms with van der Waals surface area (Å²) in [6, 6.07) is 13.2. The Morgan fingerprint density at radius 2 is 1.68 bits per heavy atom. The van der Waals surface area contributed by atoms with E-state index in [0.717, 1.165) is 16.9 Å². The Labute approximate surface area is 187 Å². The van der Waals surface area contributed by atoms with Crippen molar-refractivity contribution in [3.8, 4) is 34.3 Å². The van der Waals surface area contributed by atoms with Gasteiger partial charge in [0.15, 0.2) is 0 Å². The van der Waals surface area contributed by atoms with Crippen molar-refractivity contribution >= 4 is 38.6 Å². The molecule has 4 aromatic rings. The van der Waals surface area contributed by atoms with E-state index < -0.39 is 10.0 Å². The Bertz CT molecular complexity index is 1290. The predicted octanol–water partition coefficient (Wildman–Crippen LogP) is 4.94. The van der Waals surface area contributed by atoms with Gasteiger partial charge in [0, 0.05) is 34.2 Å². The zero-order valence-corrected chi connectivity index (χ0v) is 18.7. The highest BCUT2D eigenvalue weighted by molar-refractivity contribution is 7.94. The summed E-state index contributed by atoms with van der Waals surface area (Å²) in [5, 5.41) is 6.19. The summed E-state index contributed by atoms with van der Waals surface area (Å²) in [5.74, 6) is 1.52. The summed E-state index contributed by atoms with van der Waals surface area (Å²) in [6.07, 6.45) is 0. The average Bonchev–Trinajstić information content (AvgIpc) is 3.44. The monoisotopic (exact) mass is 477 g/mol. The van der Waals surface area contributed by atoms with Crippen LogP contribution in [0.5, 0.6) is 11.5 Å². The van der Waals surface area contributed by atoms with E-state index in [-0.39, 0.29) is 10.1 Å². The third-order valence-electron chi connectivity index (χ3n) is 4.22. The van der Waals surface area contributed by atoms with Crippen LogP contribution in [0.1, 0.15) is 0 Å². The van der Waals surface area contributed by atoms with Crippen molar-refractivity contribution in [1.29, 1.82) is 0 Å². The van der Waals surface area contributed by atoms with E-state index in [1.807, 2.05) is 0 Å². The van der Waals surface area contributed by atoms with Crippen molar-refractivity contribution in [3.63, 3.8) is 0 Å². The first-order chi connectivity index (χ1) is 14.9. The second-order valence-corrected chi connectivity index (χ2v) is 9.55. The number of ether oxygens (including phenoxy) is 2. The largest absolute Gasteiger partial charge is 0.497 e. The average molecular weight is 478 g/mol. The van der Waals surface area contributed by atoms with Gasteiger partial charge in [-0.25, -0.2) is 8.42 Å². The Balaban J connectivity index is 1.58. The number of methoxy groups -OCH3 is 2. The number of nitrogens with zero attached hydrogens (tertiary/aromatic N) is 2. The molecule has 0 aliphatic rings. The van der Waals surface area contributed by atoms with Gasteiger partial charge in [0.05, 0.1) is 25.5 Å². The maximum Gasteiger partial charge on any atom is 0.271 e. The Hall–Kier alpha value is -3.08. The van der Waals surface area contributed by atoms with Gasteiger partial charge in [-0.3, -0.25) is 4.72 Å². The second kappa shape index (κ2) is 8.58. The number of hydrogen-bond donors (Lipinski definition) is 1. The maximum absolute atomic E-state index is 12.8. The number of nitrogens with one attached hydrogen (secondary N) is 1. The zero-order valence-electron chi connectivity index (χ0n) is 16.3. The van der Waals surface area contributed by atoms with Crippen molar-refractivity contribution in [1.82, 2.24) is 10.1 Å². The number of thiophene rings is 1. The fourth-order valence-electron chi connectivity index (χ4n) is 2.70. The van der Waals surface area contributed by atoms with E-state index in [2.05, 4.69) is 14.9 Å². The van der Waals surface area contributed by atoms with Gasteiger partial charge in [-0.05, 0) is 30.3 Å². The topological polar surface area (TPSA) is 104 Å². The lowest BCUT2D eigenvalue weighted by molar-refractivity contribution is 0.395. The lowest BCUT2D eigenvalue weighted by atomic mass is 10.2. The van der Waals surface area contributed by atoms with Crippen LogP contribution in [0.3, 0.4) is 0 Å². The summed E-state index contributed by atoms with van der Waals surface area (Å²) in [4.78, 5) is 4.34. The number of benzene rings is 2. The number of sulfonamides is 1. The van der Waals surface area contributed by atoms with Crippen LogP contribution < -0.4 is 14.2 Å². The van der Waals surface area contributed by atoms with Crippen LogP contribution in [-0.4, -0.2) is 32.8 Å². The summed E-state index contributed by atoms with van der Waals surface area (Å²) in [7, 11) is -0.873. The number of halogens is 1. The van der Waals surface area contributed by atoms with Gasteiger partial charge in [0.25, 0.3) is 15.9 Å². The molecule has 0 radical (unpaired) electrons. The van der Waals surface area contributed by atoms with Crippen LogP contribution in [0, 0.1) is 0 Å². The summed E-state index contributed by atoms with van der Waals surface area (Å²) < 4.78 is 44.0. The Morgan fingerprint density at radius 1 is 1.00 bits per heavy atom. The van der Waals surface area contributed by atoms with Gasteiger partial charge in [-0.2, -0.15) is 4.98 Å². The molecule has 31 heavy (non-hydrogen) atoms. The molecule has 11 heteroatoms. The predicted molar refractivity (Wildman–Crippen MR) is 118 cm³/mol. The third-order valence-corrected chi connectivity index (χ3v) is 7.29. The molecular formula is C20H16ClN3O5S2. The minimum atomic E-state index is -3.85. The van der Waals surface area contributed by atoms with Crippen molar-refractivity contribution in [2.75, 3.05) is 18.9 Å². The molecule has 2 heterocycles. The first-order valence-corrected chi connectivity index (χ1v) is 11.6. The molecule has 0 saturated carbocycles. The van der Waals surface area contributed by atoms with E-state index in [0.29, 0.717) is 33.6 Å². The molecule has 1 N–H and O–H groups in total. The van der Waals surface area contributed by atoms with Crippen LogP contribution in [0.4, 0.5) is 5.69 Å². The Morgan fingerprint density at radius 3 is 2.32 bits per heavy atom. The van der Waals surface area contributed by atoms with Crippen LogP contribution in [0.25, 0.3) is 22.8 Å². The molecule has 0 aliphatic heterocycles. The van der Waals surface area contributed by atoms with Crippen molar-refractivity contribution in [2.24, 2.45) is 0 Å². The lowest BCUT2D eigenvalue weighted by Gasteiger charge is -2.10. The molecule has 4 rings (SSSR count). The second-order valence-electron chi connectivity index (χ2n) is 6.29. The third kappa shape index (κ3) is 4.66. The number of aromatic nitrogens is 2. The lowest BCUT2D eigenvalue weighted by Crippen LogP contribution is -2.11. The molecule has 0 spiro atoms. The normalized spacial score (nSPS) is 11.3. The van der Waals surface area contributed by atoms with Crippen molar-refractivity contribution in [3.05, 3.63) is 58.9 Å². The van der Waals surface area contributed by atoms with Crippen molar-refractivity contribution in [2.45, 2.75) is 4.21 Å². The molecular weight excluding hydrogens is 462 g/mol. The molecule has 2 aromatic heterocycles. The molecule has 160 valence electrons. The van der Waals surface area contributed by atoms with Gasteiger partial charge < -0.3 is 14.0 Å². The van der Waals surface area contributed by atoms with E-state index in [1.54, 1.807) is 47.8 Å². The number of anilines is 1. The van der Waals surface area contributed by atoms with E-state index in [9.17, 15) is 8.42 Å². The summed E-state index contributed by atoms with van der Waals surface area (Å²) in [6.45, 7) is 0. The molecule has 0 fully saturated rings. The smallest absolute Gasteiger partial charge is 0.271 e. The molecule has 0 unspecified atom stereocenters. The van der Waals surface area contributed by atoms with Crippen LogP contribution in [0.15, 0.2) is 62.6 Å². The summed E-state index contributed by atoms with van der Waals surface area (Å²) >= 11 is 6.94. The Kier molecular flexibility index (Phi) is 5.86. The van der Waals surface area contributed by atoms with Gasteiger partial charge in [-0.1, -0.05) is 16.8 Å². The van der Waals surface area contributed by atoms with Gasteiger partial charge in [-0.15, -0.1) is 11.3 Å². The molecule has 0 saturated heterocycles. The van der Waals surface area contributed by atoms with Gasteiger partial charge >= 0.3 is 0 Å². The molecule has 0 bridgehead atoms. The summed E-state index contributed by atoms with van der Waals surface area (Å²) in [5.41, 5.74) is 1.55. The standard InChI is InChI=1S/C20H16ClN3O5S2/c1-27-16-8-15(9-17(10-16)28-2)24-31(25,26)18-7-13(11-30-18)20-22-19(23-29-20)12-3-5-14(21)6-4-12/h3-11,24H,1-2H3. The minimum absolute atomic E-state index is 0.0931. The molecule has 0 aliphatic carbocycles. The molecule has 0 amide bonds. The van der Waals surface area contributed by atoms with Gasteiger partial charge in [0.2, 0.25) is 5.82 Å². The maximum atomic E-state index is 12.8. The van der Waals surface area contributed by atoms with Crippen LogP contribution in [-0.2, 0) is 10.0 Å². The highest BCUT2D eigenvalue weighted by atomic mass is 35.5. The fraction of sp³-hybridized carbons (Fsp3) is 0.100. The molecule has 8 nitrogen and oxygen atoms in total. The van der Waals surface area contributed by atoms with Gasteiger partial charge in [0.1, 0.15) is 15.7 Å². The fourth-order valence-corrected chi connectivity index (χ4v) is 5.02. The first kappa shape index (κ1) is 21.2. The quantitative estimate of drug-likeness (QED) is 0.402. The molecule has 0 atom stereocenters. The van der Waals surface area contributed by atoms with Crippen LogP contribution in [0.2, 0.25) is 5.02 Å². The first-order valence-electron chi connectivity index (χ1n) is 8.82. The zero-order chi connectivity index (χ0) is 22.0. The minimum Gasteiger partial charge on any atom is -0.497 e. The van der Waals surface area contributed by atoms with E-state index in [1.165, 1.54) is 20.3 Å². The SMILES string of the molecule is COc1cc(NS(=O)(=O)c2cc(-c3nc(-c4ccc(Cl)cc4)no3)cs2)cc(OC)c1. The number of hydrogen-bond acceptors (Lipinski definition) is 8. The highest BCUT2D eigenvalue weighted by Crippen LogP contribution is 2.32. The van der Waals surface area contributed by atoms with E-state index in [4.69, 9.17) is 25.6 Å². The van der Waals surface area contributed by atoms with E-state index >= 15 is 0 Å². The number of rotatable bonds is 7.